The smallest absolute Gasteiger partial charge is 0.123 e. The van der Waals surface area contributed by atoms with E-state index in [1.54, 1.807) is 6.07 Å². The fourth-order valence-electron chi connectivity index (χ4n) is 2.87. The molecule has 23 heavy (non-hydrogen) atoms. The second kappa shape index (κ2) is 5.55. The molecule has 0 saturated heterocycles. The minimum absolute atomic E-state index is 0.0948. The van der Waals surface area contributed by atoms with Crippen LogP contribution >= 0.6 is 0 Å². The Morgan fingerprint density at radius 3 is 2.39 bits per heavy atom. The summed E-state index contributed by atoms with van der Waals surface area (Å²) in [6.45, 7) is 6.53. The molecule has 0 aliphatic heterocycles. The molecule has 3 heteroatoms. The zero-order valence-corrected chi connectivity index (χ0v) is 13.6. The number of rotatable bonds is 2. The number of nitriles is 1. The van der Waals surface area contributed by atoms with Gasteiger partial charge in [-0.3, -0.25) is 0 Å². The molecule has 0 amide bonds. The van der Waals surface area contributed by atoms with Gasteiger partial charge >= 0.3 is 0 Å². The molecule has 2 aromatic carbocycles. The van der Waals surface area contributed by atoms with Crippen LogP contribution in [0.1, 0.15) is 31.9 Å². The number of halogens is 1. The third-order valence-electron chi connectivity index (χ3n) is 4.16. The summed E-state index contributed by atoms with van der Waals surface area (Å²) in [5, 5.41) is 9.91. The molecule has 0 unspecified atom stereocenters. The summed E-state index contributed by atoms with van der Waals surface area (Å²) in [5.74, 6) is -0.287. The number of aromatic amines is 1. The van der Waals surface area contributed by atoms with Crippen LogP contribution in [0.2, 0.25) is 0 Å². The molecule has 0 spiro atoms. The van der Waals surface area contributed by atoms with Crippen LogP contribution in [0, 0.1) is 17.1 Å². The molecule has 0 bridgehead atoms. The van der Waals surface area contributed by atoms with Gasteiger partial charge in [0, 0.05) is 10.9 Å². The third kappa shape index (κ3) is 2.85. The lowest BCUT2D eigenvalue weighted by Crippen LogP contribution is -2.10. The van der Waals surface area contributed by atoms with Crippen LogP contribution < -0.4 is 0 Å². The number of fused-ring (bicyclic) bond motifs is 1. The predicted molar refractivity (Wildman–Crippen MR) is 91.7 cm³/mol. The number of nitrogens with one attached hydrogen (secondary N) is 1. The Balaban J connectivity index is 2.16. The van der Waals surface area contributed by atoms with Crippen molar-refractivity contribution in [3.8, 4) is 17.3 Å². The van der Waals surface area contributed by atoms with Crippen LogP contribution in [-0.2, 0) is 11.8 Å². The first-order chi connectivity index (χ1) is 10.9. The number of nitrogens with zero attached hydrogens (tertiary/aromatic N) is 1. The number of H-pyrrole nitrogens is 1. The molecule has 3 aromatic rings. The van der Waals surface area contributed by atoms with Gasteiger partial charge in [0.2, 0.25) is 0 Å². The van der Waals surface area contributed by atoms with Crippen molar-refractivity contribution in [1.82, 2.24) is 4.98 Å². The van der Waals surface area contributed by atoms with Gasteiger partial charge in [-0.15, -0.1) is 0 Å². The second-order valence-electron chi connectivity index (χ2n) is 6.83. The summed E-state index contributed by atoms with van der Waals surface area (Å²) in [4.78, 5) is 3.33. The minimum Gasteiger partial charge on any atom is -0.354 e. The Morgan fingerprint density at radius 2 is 1.78 bits per heavy atom. The molecule has 0 aliphatic rings. The van der Waals surface area contributed by atoms with Gasteiger partial charge in [0.15, 0.2) is 0 Å². The van der Waals surface area contributed by atoms with E-state index in [1.165, 1.54) is 17.7 Å². The minimum atomic E-state index is -0.287. The molecule has 0 saturated carbocycles. The van der Waals surface area contributed by atoms with Crippen molar-refractivity contribution < 1.29 is 4.39 Å². The molecule has 2 nitrogen and oxygen atoms in total. The zero-order chi connectivity index (χ0) is 16.6. The van der Waals surface area contributed by atoms with E-state index in [1.807, 2.05) is 0 Å². The van der Waals surface area contributed by atoms with Crippen molar-refractivity contribution in [2.24, 2.45) is 0 Å². The maximum absolute atomic E-state index is 13.6. The van der Waals surface area contributed by atoms with Crippen molar-refractivity contribution in [3.63, 3.8) is 0 Å². The van der Waals surface area contributed by atoms with E-state index in [2.05, 4.69) is 56.1 Å². The van der Waals surface area contributed by atoms with Gasteiger partial charge in [0.05, 0.1) is 18.2 Å². The maximum atomic E-state index is 13.6. The van der Waals surface area contributed by atoms with Gasteiger partial charge in [0.1, 0.15) is 5.82 Å². The van der Waals surface area contributed by atoms with Crippen molar-refractivity contribution >= 4 is 10.9 Å². The van der Waals surface area contributed by atoms with Crippen LogP contribution in [0.5, 0.6) is 0 Å². The van der Waals surface area contributed by atoms with Gasteiger partial charge in [-0.25, -0.2) is 4.39 Å². The van der Waals surface area contributed by atoms with Crippen LogP contribution in [0.3, 0.4) is 0 Å². The Hall–Kier alpha value is -2.60. The van der Waals surface area contributed by atoms with E-state index in [4.69, 9.17) is 5.26 Å². The summed E-state index contributed by atoms with van der Waals surface area (Å²) in [6, 6.07) is 15.2. The number of hydrogen-bond donors (Lipinski definition) is 1. The molecular weight excluding hydrogens is 287 g/mol. The number of hydrogen-bond acceptors (Lipinski definition) is 1. The fraction of sp³-hybridized carbons (Fsp3) is 0.250. The highest BCUT2D eigenvalue weighted by molar-refractivity contribution is 5.91. The molecule has 0 radical (unpaired) electrons. The standard InChI is InChI=1S/C20H19FN2/c1-20(2,3)14-6-4-13(5-7-14)19-16(10-11-22)17-12-15(21)8-9-18(17)23-19/h4-9,12,23H,10H2,1-3H3. The summed E-state index contributed by atoms with van der Waals surface area (Å²) in [5.41, 5.74) is 4.96. The lowest BCUT2D eigenvalue weighted by atomic mass is 9.86. The van der Waals surface area contributed by atoms with Crippen molar-refractivity contribution in [3.05, 3.63) is 59.4 Å². The first kappa shape index (κ1) is 15.3. The quantitative estimate of drug-likeness (QED) is 0.682. The lowest BCUT2D eigenvalue weighted by Gasteiger charge is -2.19. The van der Waals surface area contributed by atoms with E-state index >= 15 is 0 Å². The van der Waals surface area contributed by atoms with Gasteiger partial charge in [-0.05, 0) is 40.3 Å². The third-order valence-corrected chi connectivity index (χ3v) is 4.16. The summed E-state index contributed by atoms with van der Waals surface area (Å²) < 4.78 is 13.6. The van der Waals surface area contributed by atoms with E-state index in [-0.39, 0.29) is 17.7 Å². The van der Waals surface area contributed by atoms with Crippen molar-refractivity contribution in [2.45, 2.75) is 32.6 Å². The molecule has 0 atom stereocenters. The molecular formula is C20H19FN2. The molecule has 0 aliphatic carbocycles. The first-order valence-electron chi connectivity index (χ1n) is 7.68. The summed E-state index contributed by atoms with van der Waals surface area (Å²) in [6.07, 6.45) is 0.250. The van der Waals surface area contributed by atoms with E-state index in [0.717, 1.165) is 27.7 Å². The van der Waals surface area contributed by atoms with E-state index < -0.39 is 0 Å². The van der Waals surface area contributed by atoms with Crippen LogP contribution in [-0.4, -0.2) is 4.98 Å². The number of aromatic nitrogens is 1. The first-order valence-corrected chi connectivity index (χ1v) is 7.68. The monoisotopic (exact) mass is 306 g/mol. The molecule has 1 heterocycles. The largest absolute Gasteiger partial charge is 0.354 e. The topological polar surface area (TPSA) is 39.6 Å². The number of benzene rings is 2. The van der Waals surface area contributed by atoms with Gasteiger partial charge in [0.25, 0.3) is 0 Å². The Morgan fingerprint density at radius 1 is 1.09 bits per heavy atom. The molecule has 1 N–H and O–H groups in total. The summed E-state index contributed by atoms with van der Waals surface area (Å²) in [7, 11) is 0. The normalized spacial score (nSPS) is 11.6. The van der Waals surface area contributed by atoms with E-state index in [0.29, 0.717) is 0 Å². The zero-order valence-electron chi connectivity index (χ0n) is 13.6. The molecule has 116 valence electrons. The fourth-order valence-corrected chi connectivity index (χ4v) is 2.87. The van der Waals surface area contributed by atoms with Crippen molar-refractivity contribution in [2.75, 3.05) is 0 Å². The van der Waals surface area contributed by atoms with E-state index in [9.17, 15) is 4.39 Å². The average Bonchev–Trinajstić information content (AvgIpc) is 2.85. The van der Waals surface area contributed by atoms with Crippen molar-refractivity contribution in [1.29, 1.82) is 5.26 Å². The maximum Gasteiger partial charge on any atom is 0.123 e. The SMILES string of the molecule is CC(C)(C)c1ccc(-c2[nH]c3ccc(F)cc3c2CC#N)cc1. The molecule has 3 rings (SSSR count). The van der Waals surface area contributed by atoms with Gasteiger partial charge in [-0.1, -0.05) is 45.0 Å². The molecule has 1 aromatic heterocycles. The second-order valence-corrected chi connectivity index (χ2v) is 6.83. The summed E-state index contributed by atoms with van der Waals surface area (Å²) >= 11 is 0. The Labute approximate surface area is 135 Å². The average molecular weight is 306 g/mol. The highest BCUT2D eigenvalue weighted by atomic mass is 19.1. The highest BCUT2D eigenvalue weighted by Crippen LogP contribution is 2.32. The Bertz CT molecular complexity index is 890. The predicted octanol–water partition coefficient (Wildman–Crippen LogP) is 5.34. The highest BCUT2D eigenvalue weighted by Gasteiger charge is 2.16. The van der Waals surface area contributed by atoms with Crippen LogP contribution in [0.25, 0.3) is 22.2 Å². The lowest BCUT2D eigenvalue weighted by molar-refractivity contribution is 0.590. The van der Waals surface area contributed by atoms with Crippen LogP contribution in [0.4, 0.5) is 4.39 Å². The van der Waals surface area contributed by atoms with Gasteiger partial charge < -0.3 is 4.98 Å². The Kier molecular flexibility index (Phi) is 3.69. The molecule has 0 fully saturated rings. The van der Waals surface area contributed by atoms with Gasteiger partial charge in [-0.2, -0.15) is 5.26 Å². The van der Waals surface area contributed by atoms with Crippen LogP contribution in [0.15, 0.2) is 42.5 Å².